The Labute approximate surface area is 82.9 Å². The summed E-state index contributed by atoms with van der Waals surface area (Å²) in [5.41, 5.74) is 0. The van der Waals surface area contributed by atoms with Crippen LogP contribution in [-0.2, 0) is 4.74 Å². The topological polar surface area (TPSA) is 12.5 Å². The predicted octanol–water partition coefficient (Wildman–Crippen LogP) is 3.59. The Kier molecular flexibility index (Phi) is 5.45. The second-order valence-corrected chi connectivity index (χ2v) is 4.11. The lowest BCUT2D eigenvalue weighted by Crippen LogP contribution is -2.05. The van der Waals surface area contributed by atoms with E-state index in [1.807, 2.05) is 0 Å². The Morgan fingerprint density at radius 1 is 1.23 bits per heavy atom. The fraction of sp³-hybridized carbons (Fsp3) is 0.917. The molecule has 0 aliphatic carbocycles. The Hall–Kier alpha value is -0.0400. The average molecular weight is 183 g/mol. The van der Waals surface area contributed by atoms with Gasteiger partial charge in [-0.3, -0.25) is 0 Å². The van der Waals surface area contributed by atoms with Crippen molar-refractivity contribution in [3.63, 3.8) is 0 Å². The third-order valence-corrected chi connectivity index (χ3v) is 2.68. The molecule has 0 aromatic carbocycles. The Bertz CT molecular complexity index is 118. The highest BCUT2D eigenvalue weighted by Gasteiger charge is 2.26. The molecule has 0 bridgehead atoms. The van der Waals surface area contributed by atoms with Crippen LogP contribution in [-0.4, -0.2) is 12.7 Å². The summed E-state index contributed by atoms with van der Waals surface area (Å²) in [6.07, 6.45) is 11.1. The van der Waals surface area contributed by atoms with Crippen LogP contribution in [0, 0.1) is 12.3 Å². The summed E-state index contributed by atoms with van der Waals surface area (Å²) < 4.78 is 5.24. The smallest absolute Gasteiger partial charge is 0.0844 e. The van der Waals surface area contributed by atoms with Gasteiger partial charge in [-0.1, -0.05) is 52.4 Å². The monoisotopic (exact) mass is 183 g/mol. The fourth-order valence-electron chi connectivity index (χ4n) is 1.83. The number of hydrogen-bond acceptors (Lipinski definition) is 1. The molecule has 2 atom stereocenters. The maximum Gasteiger partial charge on any atom is 0.0844 e. The third kappa shape index (κ3) is 5.30. The molecule has 0 aromatic heterocycles. The highest BCUT2D eigenvalue weighted by atomic mass is 16.6. The van der Waals surface area contributed by atoms with Gasteiger partial charge in [0.1, 0.15) is 0 Å². The van der Waals surface area contributed by atoms with Gasteiger partial charge in [0.2, 0.25) is 0 Å². The lowest BCUT2D eigenvalue weighted by Gasteiger charge is -2.13. The summed E-state index contributed by atoms with van der Waals surface area (Å²) in [6, 6.07) is 0. The van der Waals surface area contributed by atoms with E-state index in [1.165, 1.54) is 38.5 Å². The molecule has 1 radical (unpaired) electrons. The van der Waals surface area contributed by atoms with Gasteiger partial charge >= 0.3 is 0 Å². The van der Waals surface area contributed by atoms with Crippen molar-refractivity contribution in [2.45, 2.75) is 58.5 Å². The van der Waals surface area contributed by atoms with Gasteiger partial charge in [0.15, 0.2) is 0 Å². The Morgan fingerprint density at radius 2 is 2.00 bits per heavy atom. The molecule has 1 fully saturated rings. The van der Waals surface area contributed by atoms with Crippen molar-refractivity contribution in [2.75, 3.05) is 6.61 Å². The molecule has 0 saturated carbocycles. The summed E-state index contributed by atoms with van der Waals surface area (Å²) in [4.78, 5) is 0. The van der Waals surface area contributed by atoms with Crippen molar-refractivity contribution in [2.24, 2.45) is 5.92 Å². The predicted molar refractivity (Wildman–Crippen MR) is 56.6 cm³/mol. The summed E-state index contributed by atoms with van der Waals surface area (Å²) >= 11 is 0. The van der Waals surface area contributed by atoms with Crippen LogP contribution in [0.15, 0.2) is 0 Å². The SMILES string of the molecule is CCCCCC([CH]C1CO1)CCC. The van der Waals surface area contributed by atoms with Crippen molar-refractivity contribution < 1.29 is 4.74 Å². The van der Waals surface area contributed by atoms with Crippen LogP contribution in [0.4, 0.5) is 0 Å². The van der Waals surface area contributed by atoms with E-state index < -0.39 is 0 Å². The van der Waals surface area contributed by atoms with Crippen LogP contribution in [0.2, 0.25) is 0 Å². The third-order valence-electron chi connectivity index (χ3n) is 2.68. The van der Waals surface area contributed by atoms with Gasteiger partial charge in [0.25, 0.3) is 0 Å². The number of epoxide rings is 1. The van der Waals surface area contributed by atoms with Gasteiger partial charge in [-0.2, -0.15) is 0 Å². The highest BCUT2D eigenvalue weighted by Crippen LogP contribution is 2.25. The van der Waals surface area contributed by atoms with Crippen molar-refractivity contribution in [1.29, 1.82) is 0 Å². The molecular weight excluding hydrogens is 160 g/mol. The number of ether oxygens (including phenoxy) is 1. The van der Waals surface area contributed by atoms with Crippen molar-refractivity contribution >= 4 is 0 Å². The minimum Gasteiger partial charge on any atom is -0.373 e. The lowest BCUT2D eigenvalue weighted by molar-refractivity contribution is 0.387. The first-order valence-corrected chi connectivity index (χ1v) is 5.83. The second kappa shape index (κ2) is 6.42. The molecule has 1 heteroatoms. The van der Waals surface area contributed by atoms with E-state index >= 15 is 0 Å². The van der Waals surface area contributed by atoms with Gasteiger partial charge in [-0.25, -0.2) is 0 Å². The second-order valence-electron chi connectivity index (χ2n) is 4.11. The molecule has 1 aliphatic rings. The molecule has 77 valence electrons. The zero-order chi connectivity index (χ0) is 9.52. The van der Waals surface area contributed by atoms with E-state index in [2.05, 4.69) is 20.3 Å². The fourth-order valence-corrected chi connectivity index (χ4v) is 1.83. The summed E-state index contributed by atoms with van der Waals surface area (Å²) in [5, 5.41) is 0. The zero-order valence-electron chi connectivity index (χ0n) is 9.09. The zero-order valence-corrected chi connectivity index (χ0v) is 9.09. The van der Waals surface area contributed by atoms with Crippen LogP contribution >= 0.6 is 0 Å². The summed E-state index contributed by atoms with van der Waals surface area (Å²) in [6.45, 7) is 5.52. The molecule has 1 heterocycles. The molecular formula is C12H23O. The minimum absolute atomic E-state index is 0.512. The molecule has 1 aliphatic heterocycles. The normalized spacial score (nSPS) is 23.1. The van der Waals surface area contributed by atoms with Gasteiger partial charge < -0.3 is 4.74 Å². The number of unbranched alkanes of at least 4 members (excludes halogenated alkanes) is 2. The van der Waals surface area contributed by atoms with Gasteiger partial charge in [-0.15, -0.1) is 0 Å². The maximum atomic E-state index is 5.24. The minimum atomic E-state index is 0.512. The summed E-state index contributed by atoms with van der Waals surface area (Å²) in [7, 11) is 0. The lowest BCUT2D eigenvalue weighted by atomic mass is 9.92. The van der Waals surface area contributed by atoms with E-state index in [9.17, 15) is 0 Å². The number of hydrogen-bond donors (Lipinski definition) is 0. The maximum absolute atomic E-state index is 5.24. The van der Waals surface area contributed by atoms with E-state index in [0.29, 0.717) is 6.10 Å². The molecule has 2 unspecified atom stereocenters. The quantitative estimate of drug-likeness (QED) is 0.414. The van der Waals surface area contributed by atoms with Gasteiger partial charge in [0, 0.05) is 0 Å². The van der Waals surface area contributed by atoms with Crippen molar-refractivity contribution in [3.05, 3.63) is 6.42 Å². The van der Waals surface area contributed by atoms with Crippen LogP contribution in [0.5, 0.6) is 0 Å². The molecule has 0 aromatic rings. The molecule has 0 amide bonds. The first kappa shape index (κ1) is 11.0. The molecule has 1 rings (SSSR count). The van der Waals surface area contributed by atoms with E-state index in [1.54, 1.807) is 0 Å². The van der Waals surface area contributed by atoms with Crippen LogP contribution < -0.4 is 0 Å². The van der Waals surface area contributed by atoms with Crippen LogP contribution in [0.25, 0.3) is 0 Å². The van der Waals surface area contributed by atoms with Crippen molar-refractivity contribution in [3.8, 4) is 0 Å². The first-order valence-electron chi connectivity index (χ1n) is 5.83. The van der Waals surface area contributed by atoms with Gasteiger partial charge in [-0.05, 0) is 12.3 Å². The van der Waals surface area contributed by atoms with E-state index in [-0.39, 0.29) is 0 Å². The van der Waals surface area contributed by atoms with E-state index in [4.69, 9.17) is 4.74 Å². The molecule has 13 heavy (non-hydrogen) atoms. The molecule has 0 spiro atoms. The van der Waals surface area contributed by atoms with Crippen molar-refractivity contribution in [1.82, 2.24) is 0 Å². The van der Waals surface area contributed by atoms with E-state index in [0.717, 1.165) is 12.5 Å². The molecule has 1 saturated heterocycles. The standard InChI is InChI=1S/C12H23O/c1-3-5-6-8-11(7-4-2)9-12-10-13-12/h9,11-12H,3-8,10H2,1-2H3. The Balaban J connectivity index is 2.04. The first-order chi connectivity index (χ1) is 6.36. The number of rotatable bonds is 8. The average Bonchev–Trinajstić information content (AvgIpc) is 2.89. The Morgan fingerprint density at radius 3 is 2.54 bits per heavy atom. The largest absolute Gasteiger partial charge is 0.373 e. The van der Waals surface area contributed by atoms with Gasteiger partial charge in [0.05, 0.1) is 12.7 Å². The molecule has 1 nitrogen and oxygen atoms in total. The molecule has 0 N–H and O–H groups in total. The van der Waals surface area contributed by atoms with Crippen LogP contribution in [0.3, 0.4) is 0 Å². The summed E-state index contributed by atoms with van der Waals surface area (Å²) in [5.74, 6) is 0.823. The highest BCUT2D eigenvalue weighted by molar-refractivity contribution is 4.90. The van der Waals surface area contributed by atoms with Crippen LogP contribution in [0.1, 0.15) is 52.4 Å².